The van der Waals surface area contributed by atoms with E-state index in [1.54, 1.807) is 4.90 Å². The van der Waals surface area contributed by atoms with Gasteiger partial charge in [-0.15, -0.1) is 0 Å². The highest BCUT2D eigenvalue weighted by molar-refractivity contribution is 7.89. The highest BCUT2D eigenvalue weighted by Crippen LogP contribution is 2.18. The lowest BCUT2D eigenvalue weighted by Crippen LogP contribution is -2.55. The van der Waals surface area contributed by atoms with Crippen LogP contribution in [0.15, 0.2) is 29.2 Å². The monoisotopic (exact) mass is 442 g/mol. The van der Waals surface area contributed by atoms with Crippen molar-refractivity contribution in [3.63, 3.8) is 0 Å². The average Bonchev–Trinajstić information content (AvgIpc) is 2.72. The van der Waals surface area contributed by atoms with Crippen LogP contribution in [-0.4, -0.2) is 93.6 Å². The zero-order chi connectivity index (χ0) is 21.7. The number of halogens is 1. The molecule has 2 heterocycles. The number of ether oxygens (including phenoxy) is 1. The first-order valence-corrected chi connectivity index (χ1v) is 11.8. The van der Waals surface area contributed by atoms with E-state index in [2.05, 4.69) is 24.1 Å². The van der Waals surface area contributed by atoms with Gasteiger partial charge in [-0.25, -0.2) is 17.6 Å². The van der Waals surface area contributed by atoms with Crippen LogP contribution in [0.1, 0.15) is 13.8 Å². The minimum Gasteiger partial charge on any atom is -0.374 e. The van der Waals surface area contributed by atoms with E-state index in [9.17, 15) is 17.6 Å². The van der Waals surface area contributed by atoms with Crippen molar-refractivity contribution in [3.8, 4) is 0 Å². The second kappa shape index (κ2) is 10.0. The minimum absolute atomic E-state index is 0.0402. The normalized spacial score (nSPS) is 21.7. The van der Waals surface area contributed by atoms with Crippen LogP contribution in [0.4, 0.5) is 9.18 Å². The number of hydrogen-bond acceptors (Lipinski definition) is 5. The molecule has 0 bridgehead atoms. The van der Waals surface area contributed by atoms with Gasteiger partial charge in [0.2, 0.25) is 10.0 Å². The predicted octanol–water partition coefficient (Wildman–Crippen LogP) is 1.20. The Morgan fingerprint density at radius 3 is 2.47 bits per heavy atom. The van der Waals surface area contributed by atoms with E-state index in [0.29, 0.717) is 32.2 Å². The molecule has 1 aromatic rings. The number of urea groups is 1. The number of nitrogens with one attached hydrogen (secondary N) is 1. The van der Waals surface area contributed by atoms with Gasteiger partial charge in [-0.05, 0) is 30.2 Å². The molecule has 1 unspecified atom stereocenters. The van der Waals surface area contributed by atoms with Gasteiger partial charge in [0.15, 0.2) is 0 Å². The van der Waals surface area contributed by atoms with Gasteiger partial charge in [-0.3, -0.25) is 4.90 Å². The molecule has 168 valence electrons. The minimum atomic E-state index is -3.69. The van der Waals surface area contributed by atoms with Crippen LogP contribution in [0.3, 0.4) is 0 Å². The molecule has 2 aliphatic heterocycles. The van der Waals surface area contributed by atoms with E-state index in [4.69, 9.17) is 4.74 Å². The third kappa shape index (κ3) is 5.90. The molecule has 2 fully saturated rings. The Bertz CT molecular complexity index is 811. The Morgan fingerprint density at radius 1 is 1.17 bits per heavy atom. The highest BCUT2D eigenvalue weighted by Gasteiger charge is 2.30. The van der Waals surface area contributed by atoms with Gasteiger partial charge in [0.05, 0.1) is 17.6 Å². The van der Waals surface area contributed by atoms with E-state index in [0.717, 1.165) is 31.8 Å². The molecule has 1 aromatic carbocycles. The quantitative estimate of drug-likeness (QED) is 0.716. The number of piperazine rings is 1. The van der Waals surface area contributed by atoms with E-state index < -0.39 is 15.8 Å². The maximum absolute atomic E-state index is 13.1. The van der Waals surface area contributed by atoms with Crippen molar-refractivity contribution in [3.05, 3.63) is 30.1 Å². The van der Waals surface area contributed by atoms with Crippen molar-refractivity contribution in [1.82, 2.24) is 19.4 Å². The summed E-state index contributed by atoms with van der Waals surface area (Å²) in [4.78, 5) is 16.5. The van der Waals surface area contributed by atoms with Crippen molar-refractivity contribution in [2.45, 2.75) is 24.8 Å². The molecule has 3 rings (SSSR count). The molecular formula is C20H31FN4O4S. The molecule has 0 aliphatic carbocycles. The summed E-state index contributed by atoms with van der Waals surface area (Å²) in [6.45, 7) is 9.19. The molecule has 0 saturated carbocycles. The fourth-order valence-corrected chi connectivity index (χ4v) is 5.21. The number of amides is 2. The molecule has 2 amide bonds. The van der Waals surface area contributed by atoms with Gasteiger partial charge >= 0.3 is 6.03 Å². The van der Waals surface area contributed by atoms with Gasteiger partial charge in [-0.1, -0.05) is 13.8 Å². The molecule has 30 heavy (non-hydrogen) atoms. The third-order valence-electron chi connectivity index (χ3n) is 5.30. The van der Waals surface area contributed by atoms with Crippen LogP contribution in [0.25, 0.3) is 0 Å². The molecule has 2 aliphatic rings. The van der Waals surface area contributed by atoms with Crippen molar-refractivity contribution in [2.24, 2.45) is 5.92 Å². The molecule has 8 nitrogen and oxygen atoms in total. The maximum Gasteiger partial charge on any atom is 0.317 e. The fourth-order valence-electron chi connectivity index (χ4n) is 3.79. The van der Waals surface area contributed by atoms with Crippen molar-refractivity contribution >= 4 is 16.1 Å². The number of rotatable bonds is 6. The largest absolute Gasteiger partial charge is 0.374 e. The number of sulfonamides is 1. The molecule has 0 aromatic heterocycles. The van der Waals surface area contributed by atoms with Gasteiger partial charge in [0.1, 0.15) is 5.82 Å². The highest BCUT2D eigenvalue weighted by atomic mass is 32.2. The molecule has 0 spiro atoms. The number of nitrogens with zero attached hydrogens (tertiary/aromatic N) is 3. The summed E-state index contributed by atoms with van der Waals surface area (Å²) in [7, 11) is -3.69. The van der Waals surface area contributed by atoms with E-state index in [-0.39, 0.29) is 30.1 Å². The summed E-state index contributed by atoms with van der Waals surface area (Å²) >= 11 is 0. The van der Waals surface area contributed by atoms with Crippen LogP contribution < -0.4 is 5.32 Å². The smallest absolute Gasteiger partial charge is 0.317 e. The molecule has 2 saturated heterocycles. The van der Waals surface area contributed by atoms with Gasteiger partial charge < -0.3 is 15.0 Å². The lowest BCUT2D eigenvalue weighted by atomic mass is 10.2. The van der Waals surface area contributed by atoms with Crippen LogP contribution >= 0.6 is 0 Å². The number of carbonyl (C=O) groups is 1. The van der Waals surface area contributed by atoms with Crippen LogP contribution in [0.2, 0.25) is 0 Å². The lowest BCUT2D eigenvalue weighted by Gasteiger charge is -2.36. The molecular weight excluding hydrogens is 411 g/mol. The van der Waals surface area contributed by atoms with Crippen molar-refractivity contribution in [2.75, 3.05) is 59.0 Å². The summed E-state index contributed by atoms with van der Waals surface area (Å²) in [5, 5.41) is 2.91. The van der Waals surface area contributed by atoms with E-state index in [1.807, 2.05) is 0 Å². The van der Waals surface area contributed by atoms with Gasteiger partial charge in [0.25, 0.3) is 0 Å². The summed E-state index contributed by atoms with van der Waals surface area (Å²) in [6, 6.07) is 4.57. The summed E-state index contributed by atoms with van der Waals surface area (Å²) in [5.74, 6) is 0.102. The second-order valence-electron chi connectivity index (χ2n) is 8.18. The topological polar surface area (TPSA) is 82.2 Å². The maximum atomic E-state index is 13.1. The summed E-state index contributed by atoms with van der Waals surface area (Å²) in [5.41, 5.74) is 0. The van der Waals surface area contributed by atoms with Crippen LogP contribution in [0, 0.1) is 11.7 Å². The third-order valence-corrected chi connectivity index (χ3v) is 7.22. The lowest BCUT2D eigenvalue weighted by molar-refractivity contribution is -0.0294. The molecule has 0 radical (unpaired) electrons. The Morgan fingerprint density at radius 2 is 1.83 bits per heavy atom. The Hall–Kier alpha value is -1.75. The van der Waals surface area contributed by atoms with Gasteiger partial charge in [-0.2, -0.15) is 4.31 Å². The summed E-state index contributed by atoms with van der Waals surface area (Å²) in [6.07, 6.45) is -0.0402. The van der Waals surface area contributed by atoms with Gasteiger partial charge in [0, 0.05) is 52.4 Å². The Kier molecular flexibility index (Phi) is 7.67. The number of morpholine rings is 1. The molecule has 1 atom stereocenters. The number of carbonyl (C=O) groups excluding carboxylic acids is 1. The zero-order valence-electron chi connectivity index (χ0n) is 17.6. The zero-order valence-corrected chi connectivity index (χ0v) is 18.4. The first kappa shape index (κ1) is 22.9. The first-order valence-electron chi connectivity index (χ1n) is 10.4. The standard InChI is InChI=1S/C20H31FN4O4S/c1-16(2)14-23-11-12-29-18(15-23)13-22-20(26)24-7-9-25(10-8-24)30(27,28)19-5-3-17(21)4-6-19/h3-6,16,18H,7-15H2,1-2H3,(H,22,26). The van der Waals surface area contributed by atoms with Crippen molar-refractivity contribution in [1.29, 1.82) is 0 Å². The Labute approximate surface area is 178 Å². The number of benzene rings is 1. The summed E-state index contributed by atoms with van der Waals surface area (Å²) < 4.78 is 45.5. The van der Waals surface area contributed by atoms with Crippen LogP contribution in [0.5, 0.6) is 0 Å². The van der Waals surface area contributed by atoms with E-state index >= 15 is 0 Å². The van der Waals surface area contributed by atoms with Crippen molar-refractivity contribution < 1.29 is 22.3 Å². The predicted molar refractivity (Wildman–Crippen MR) is 111 cm³/mol. The molecule has 10 heteroatoms. The van der Waals surface area contributed by atoms with E-state index in [1.165, 1.54) is 16.4 Å². The van der Waals surface area contributed by atoms with Crippen LogP contribution in [-0.2, 0) is 14.8 Å². The fraction of sp³-hybridized carbons (Fsp3) is 0.650. The first-order chi connectivity index (χ1) is 14.3. The average molecular weight is 443 g/mol. The SMILES string of the molecule is CC(C)CN1CCOC(CNC(=O)N2CCN(S(=O)(=O)c3ccc(F)cc3)CC2)C1. The molecule has 1 N–H and O–H groups in total. The second-order valence-corrected chi connectivity index (χ2v) is 10.1. The number of hydrogen-bond donors (Lipinski definition) is 1. The Balaban J connectivity index is 1.45.